The van der Waals surface area contributed by atoms with E-state index in [2.05, 4.69) is 0 Å². The van der Waals surface area contributed by atoms with Crippen LogP contribution in [0.4, 0.5) is 0 Å². The Labute approximate surface area is 89.7 Å². The number of aromatic hydroxyl groups is 1. The molecule has 0 radical (unpaired) electrons. The molecule has 1 aromatic carbocycles. The van der Waals surface area contributed by atoms with Crippen molar-refractivity contribution in [3.8, 4) is 5.75 Å². The van der Waals surface area contributed by atoms with Crippen molar-refractivity contribution in [2.75, 3.05) is 12.3 Å². The summed E-state index contributed by atoms with van der Waals surface area (Å²) in [6.45, 7) is 0.384. The average Bonchev–Trinajstić information content (AvgIpc) is 2.18. The normalized spacial score (nSPS) is 11.5. The fourth-order valence-electron chi connectivity index (χ4n) is 1.22. The maximum absolute atomic E-state index is 11.5. The molecule has 0 aromatic heterocycles. The van der Waals surface area contributed by atoms with Crippen LogP contribution >= 0.6 is 0 Å². The molecule has 0 aliphatic heterocycles. The average molecular weight is 229 g/mol. The molecule has 0 atom stereocenters. The van der Waals surface area contributed by atoms with Crippen LogP contribution in [0.15, 0.2) is 24.3 Å². The number of hydrogen-bond donors (Lipinski definition) is 2. The van der Waals surface area contributed by atoms with E-state index in [1.807, 2.05) is 0 Å². The highest BCUT2D eigenvalue weighted by atomic mass is 32.2. The Morgan fingerprint density at radius 2 is 1.80 bits per heavy atom. The third kappa shape index (κ3) is 4.31. The molecular weight excluding hydrogens is 214 g/mol. The van der Waals surface area contributed by atoms with Crippen LogP contribution in [0.1, 0.15) is 12.0 Å². The van der Waals surface area contributed by atoms with E-state index in [4.69, 9.17) is 10.8 Å². The lowest BCUT2D eigenvalue weighted by atomic mass is 10.2. The van der Waals surface area contributed by atoms with Crippen molar-refractivity contribution in [1.82, 2.24) is 0 Å². The predicted octanol–water partition coefficient (Wildman–Crippen LogP) is 0.656. The summed E-state index contributed by atoms with van der Waals surface area (Å²) in [4.78, 5) is 0. The van der Waals surface area contributed by atoms with Crippen molar-refractivity contribution in [2.45, 2.75) is 12.2 Å². The minimum absolute atomic E-state index is 0.00722. The lowest BCUT2D eigenvalue weighted by Gasteiger charge is -2.03. The van der Waals surface area contributed by atoms with Crippen molar-refractivity contribution in [3.05, 3.63) is 29.8 Å². The molecule has 84 valence electrons. The fraction of sp³-hybridized carbons (Fsp3) is 0.400. The Hall–Kier alpha value is -1.07. The van der Waals surface area contributed by atoms with Gasteiger partial charge in [-0.3, -0.25) is 0 Å². The molecular formula is C10H15NO3S. The molecule has 4 nitrogen and oxygen atoms in total. The van der Waals surface area contributed by atoms with Crippen LogP contribution in [0.5, 0.6) is 5.75 Å². The monoisotopic (exact) mass is 229 g/mol. The lowest BCUT2D eigenvalue weighted by Crippen LogP contribution is -2.13. The molecule has 1 aromatic rings. The van der Waals surface area contributed by atoms with Gasteiger partial charge in [0.1, 0.15) is 5.75 Å². The highest BCUT2D eigenvalue weighted by Crippen LogP contribution is 2.12. The summed E-state index contributed by atoms with van der Waals surface area (Å²) >= 11 is 0. The second kappa shape index (κ2) is 5.14. The molecule has 5 heteroatoms. The molecule has 15 heavy (non-hydrogen) atoms. The van der Waals surface area contributed by atoms with E-state index < -0.39 is 9.84 Å². The Bertz CT molecular complexity index is 397. The molecule has 0 aliphatic carbocycles. The van der Waals surface area contributed by atoms with Crippen molar-refractivity contribution in [2.24, 2.45) is 5.73 Å². The number of rotatable bonds is 5. The topological polar surface area (TPSA) is 80.4 Å². The molecule has 3 N–H and O–H groups in total. The third-order valence-electron chi connectivity index (χ3n) is 1.98. The van der Waals surface area contributed by atoms with Gasteiger partial charge in [-0.15, -0.1) is 0 Å². The zero-order valence-corrected chi connectivity index (χ0v) is 9.20. The first kappa shape index (κ1) is 12.0. The van der Waals surface area contributed by atoms with E-state index in [1.54, 1.807) is 12.1 Å². The second-order valence-corrected chi connectivity index (χ2v) is 5.58. The number of benzene rings is 1. The van der Waals surface area contributed by atoms with E-state index >= 15 is 0 Å². The standard InChI is InChI=1S/C10H15NO3S/c11-6-1-7-15(13,14)8-9-2-4-10(12)5-3-9/h2-5,12H,1,6-8,11H2. The quantitative estimate of drug-likeness (QED) is 0.777. The smallest absolute Gasteiger partial charge is 0.154 e. The highest BCUT2D eigenvalue weighted by molar-refractivity contribution is 7.90. The van der Waals surface area contributed by atoms with Gasteiger partial charge in [-0.1, -0.05) is 12.1 Å². The largest absolute Gasteiger partial charge is 0.508 e. The van der Waals surface area contributed by atoms with Gasteiger partial charge in [-0.25, -0.2) is 8.42 Å². The minimum atomic E-state index is -3.07. The second-order valence-electron chi connectivity index (χ2n) is 3.40. The first-order valence-corrected chi connectivity index (χ1v) is 6.54. The minimum Gasteiger partial charge on any atom is -0.508 e. The summed E-state index contributed by atoms with van der Waals surface area (Å²) in [6.07, 6.45) is 0.487. The summed E-state index contributed by atoms with van der Waals surface area (Å²) < 4.78 is 23.1. The van der Waals surface area contributed by atoms with E-state index in [0.717, 1.165) is 0 Å². The molecule has 0 unspecified atom stereocenters. The summed E-state index contributed by atoms with van der Waals surface area (Å²) in [6, 6.07) is 6.17. The summed E-state index contributed by atoms with van der Waals surface area (Å²) in [7, 11) is -3.07. The van der Waals surface area contributed by atoms with Gasteiger partial charge in [0, 0.05) is 0 Å². The number of phenols is 1. The van der Waals surface area contributed by atoms with Gasteiger partial charge in [-0.05, 0) is 30.7 Å². The van der Waals surface area contributed by atoms with Gasteiger partial charge in [-0.2, -0.15) is 0 Å². The molecule has 1 rings (SSSR count). The van der Waals surface area contributed by atoms with Crippen LogP contribution in [0.2, 0.25) is 0 Å². The van der Waals surface area contributed by atoms with Crippen LogP contribution < -0.4 is 5.73 Å². The maximum atomic E-state index is 11.5. The number of hydrogen-bond acceptors (Lipinski definition) is 4. The predicted molar refractivity (Wildman–Crippen MR) is 59.3 cm³/mol. The SMILES string of the molecule is NCCCS(=O)(=O)Cc1ccc(O)cc1. The number of nitrogens with two attached hydrogens (primary N) is 1. The lowest BCUT2D eigenvalue weighted by molar-refractivity contribution is 0.475. The van der Waals surface area contributed by atoms with Gasteiger partial charge < -0.3 is 10.8 Å². The molecule has 0 bridgehead atoms. The van der Waals surface area contributed by atoms with Crippen LogP contribution in [-0.4, -0.2) is 25.8 Å². The van der Waals surface area contributed by atoms with Gasteiger partial charge >= 0.3 is 0 Å². The molecule has 0 amide bonds. The molecule has 0 fully saturated rings. The molecule has 0 saturated carbocycles. The Morgan fingerprint density at radius 1 is 1.20 bits per heavy atom. The molecule has 0 saturated heterocycles. The fourth-order valence-corrected chi connectivity index (χ4v) is 2.67. The van der Waals surface area contributed by atoms with E-state index in [-0.39, 0.29) is 17.3 Å². The van der Waals surface area contributed by atoms with Gasteiger partial charge in [0.25, 0.3) is 0 Å². The van der Waals surface area contributed by atoms with Crippen molar-refractivity contribution in [1.29, 1.82) is 0 Å². The van der Waals surface area contributed by atoms with Crippen molar-refractivity contribution in [3.63, 3.8) is 0 Å². The Morgan fingerprint density at radius 3 is 2.33 bits per heavy atom. The van der Waals surface area contributed by atoms with Crippen LogP contribution in [0, 0.1) is 0 Å². The Kier molecular flexibility index (Phi) is 4.11. The van der Waals surface area contributed by atoms with Crippen LogP contribution in [0.25, 0.3) is 0 Å². The zero-order chi connectivity index (χ0) is 11.3. The first-order chi connectivity index (χ1) is 7.03. The first-order valence-electron chi connectivity index (χ1n) is 4.72. The summed E-state index contributed by atoms with van der Waals surface area (Å²) in [5.74, 6) is 0.260. The van der Waals surface area contributed by atoms with Crippen molar-refractivity contribution < 1.29 is 13.5 Å². The zero-order valence-electron chi connectivity index (χ0n) is 8.39. The van der Waals surface area contributed by atoms with Gasteiger partial charge in [0.05, 0.1) is 11.5 Å². The third-order valence-corrected chi connectivity index (χ3v) is 3.67. The number of phenolic OH excluding ortho intramolecular Hbond substituents is 1. The van der Waals surface area contributed by atoms with Gasteiger partial charge in [0.15, 0.2) is 9.84 Å². The van der Waals surface area contributed by atoms with E-state index in [0.29, 0.717) is 18.5 Å². The summed E-state index contributed by atoms with van der Waals surface area (Å²) in [5, 5.41) is 9.03. The van der Waals surface area contributed by atoms with Gasteiger partial charge in [0.2, 0.25) is 0 Å². The maximum Gasteiger partial charge on any atom is 0.154 e. The van der Waals surface area contributed by atoms with Crippen molar-refractivity contribution >= 4 is 9.84 Å². The van der Waals surface area contributed by atoms with Crippen LogP contribution in [-0.2, 0) is 15.6 Å². The summed E-state index contributed by atoms with van der Waals surface area (Å²) in [5.41, 5.74) is 5.94. The molecule has 0 aliphatic rings. The number of sulfone groups is 1. The van der Waals surface area contributed by atoms with E-state index in [1.165, 1.54) is 12.1 Å². The van der Waals surface area contributed by atoms with E-state index in [9.17, 15) is 8.42 Å². The van der Waals surface area contributed by atoms with Crippen LogP contribution in [0.3, 0.4) is 0 Å². The molecule has 0 spiro atoms. The Balaban J connectivity index is 2.65. The molecule has 0 heterocycles. The highest BCUT2D eigenvalue weighted by Gasteiger charge is 2.10.